The number of hydrogen-bond donors (Lipinski definition) is 1. The molecule has 4 nitrogen and oxygen atoms in total. The second-order valence-electron chi connectivity index (χ2n) is 6.60. The summed E-state index contributed by atoms with van der Waals surface area (Å²) in [7, 11) is 0. The van der Waals surface area contributed by atoms with Gasteiger partial charge in [-0.05, 0) is 17.5 Å². The Balaban J connectivity index is 1.74. The summed E-state index contributed by atoms with van der Waals surface area (Å²) in [4.78, 5) is 21.9. The smallest absolute Gasteiger partial charge is 0.223 e. The predicted molar refractivity (Wildman–Crippen MR) is 96.9 cm³/mol. The van der Waals surface area contributed by atoms with E-state index in [1.807, 2.05) is 17.0 Å². The van der Waals surface area contributed by atoms with Gasteiger partial charge in [-0.3, -0.25) is 4.79 Å². The molecule has 0 unspecified atom stereocenters. The number of carbonyl (C=O) groups excluding carboxylic acids is 1. The van der Waals surface area contributed by atoms with Gasteiger partial charge in [0.05, 0.1) is 6.54 Å². The van der Waals surface area contributed by atoms with Crippen molar-refractivity contribution in [2.24, 2.45) is 0 Å². The molecule has 1 amide bonds. The average Bonchev–Trinajstić information content (AvgIpc) is 3.18. The first-order valence-corrected chi connectivity index (χ1v) is 8.65. The van der Waals surface area contributed by atoms with Crippen molar-refractivity contribution in [1.29, 1.82) is 0 Å². The molecule has 126 valence electrons. The molecular weight excluding hydrogens is 310 g/mol. The Kier molecular flexibility index (Phi) is 4.10. The fourth-order valence-electron chi connectivity index (χ4n) is 3.83. The third-order valence-electron chi connectivity index (χ3n) is 5.13. The number of carbonyl (C=O) groups is 1. The third kappa shape index (κ3) is 2.95. The van der Waals surface area contributed by atoms with E-state index in [1.165, 1.54) is 11.1 Å². The largest absolute Gasteiger partial charge is 0.347 e. The van der Waals surface area contributed by atoms with Gasteiger partial charge in [0, 0.05) is 30.8 Å². The van der Waals surface area contributed by atoms with E-state index < -0.39 is 0 Å². The summed E-state index contributed by atoms with van der Waals surface area (Å²) in [5.74, 6) is 1.02. The minimum absolute atomic E-state index is 0.178. The quantitative estimate of drug-likeness (QED) is 0.795. The van der Waals surface area contributed by atoms with Crippen molar-refractivity contribution in [3.05, 3.63) is 90.0 Å². The number of hydrogen-bond acceptors (Lipinski definition) is 2. The van der Waals surface area contributed by atoms with Crippen molar-refractivity contribution >= 4 is 5.91 Å². The van der Waals surface area contributed by atoms with Gasteiger partial charge in [0.2, 0.25) is 5.91 Å². The number of H-pyrrole nitrogens is 1. The lowest BCUT2D eigenvalue weighted by molar-refractivity contribution is -0.135. The molecule has 1 N–H and O–H groups in total. The van der Waals surface area contributed by atoms with Crippen LogP contribution in [0.3, 0.4) is 0 Å². The molecule has 2 heterocycles. The lowest BCUT2D eigenvalue weighted by atomic mass is 9.69. The Morgan fingerprint density at radius 3 is 2.20 bits per heavy atom. The second-order valence-corrected chi connectivity index (χ2v) is 6.60. The summed E-state index contributed by atoms with van der Waals surface area (Å²) in [6.07, 6.45) is 4.90. The Bertz CT molecular complexity index is 789. The zero-order chi connectivity index (χ0) is 17.1. The van der Waals surface area contributed by atoms with E-state index in [9.17, 15) is 4.79 Å². The van der Waals surface area contributed by atoms with Gasteiger partial charge in [-0.25, -0.2) is 4.98 Å². The van der Waals surface area contributed by atoms with Gasteiger partial charge in [-0.15, -0.1) is 0 Å². The molecule has 2 aromatic carbocycles. The molecular formula is C21H21N3O. The average molecular weight is 331 g/mol. The number of piperidine rings is 1. The lowest BCUT2D eigenvalue weighted by Gasteiger charge is -2.43. The van der Waals surface area contributed by atoms with Gasteiger partial charge in [0.1, 0.15) is 5.82 Å². The topological polar surface area (TPSA) is 49.0 Å². The van der Waals surface area contributed by atoms with Crippen molar-refractivity contribution in [2.45, 2.75) is 24.8 Å². The summed E-state index contributed by atoms with van der Waals surface area (Å²) in [6.45, 7) is 1.19. The molecule has 0 bridgehead atoms. The number of nitrogens with zero attached hydrogens (tertiary/aromatic N) is 2. The summed E-state index contributed by atoms with van der Waals surface area (Å²) in [6, 6.07) is 21.1. The maximum absolute atomic E-state index is 12.6. The molecule has 25 heavy (non-hydrogen) atoms. The predicted octanol–water partition coefficient (Wildman–Crippen LogP) is 3.52. The van der Waals surface area contributed by atoms with Crippen LogP contribution in [0.15, 0.2) is 73.1 Å². The highest BCUT2D eigenvalue weighted by molar-refractivity contribution is 5.78. The van der Waals surface area contributed by atoms with E-state index in [4.69, 9.17) is 0 Å². The molecule has 1 aliphatic heterocycles. The van der Waals surface area contributed by atoms with Crippen LogP contribution in [-0.4, -0.2) is 27.3 Å². The van der Waals surface area contributed by atoms with Gasteiger partial charge in [0.15, 0.2) is 0 Å². The van der Waals surface area contributed by atoms with Crippen molar-refractivity contribution < 1.29 is 4.79 Å². The van der Waals surface area contributed by atoms with E-state index in [1.54, 1.807) is 12.4 Å². The first kappa shape index (κ1) is 15.6. The number of amides is 1. The molecule has 3 aromatic rings. The van der Waals surface area contributed by atoms with Crippen molar-refractivity contribution in [3.8, 4) is 0 Å². The zero-order valence-corrected chi connectivity index (χ0v) is 14.1. The van der Waals surface area contributed by atoms with Crippen molar-refractivity contribution in [1.82, 2.24) is 14.9 Å². The molecule has 0 radical (unpaired) electrons. The number of aromatic amines is 1. The third-order valence-corrected chi connectivity index (χ3v) is 5.13. The van der Waals surface area contributed by atoms with E-state index in [-0.39, 0.29) is 11.3 Å². The second kappa shape index (κ2) is 6.55. The number of benzene rings is 2. The summed E-state index contributed by atoms with van der Waals surface area (Å²) < 4.78 is 0. The van der Waals surface area contributed by atoms with Crippen LogP contribution < -0.4 is 0 Å². The Morgan fingerprint density at radius 1 is 1.00 bits per heavy atom. The van der Waals surface area contributed by atoms with Crippen LogP contribution in [-0.2, 0) is 16.8 Å². The molecule has 1 aromatic heterocycles. The Labute approximate surface area is 147 Å². The molecule has 1 aliphatic rings. The first-order chi connectivity index (χ1) is 12.3. The molecule has 4 heteroatoms. The fourth-order valence-corrected chi connectivity index (χ4v) is 3.83. The monoisotopic (exact) mass is 331 g/mol. The van der Waals surface area contributed by atoms with Gasteiger partial charge in [-0.1, -0.05) is 60.7 Å². The van der Waals surface area contributed by atoms with Crippen LogP contribution in [0.1, 0.15) is 29.8 Å². The van der Waals surface area contributed by atoms with Gasteiger partial charge in [-0.2, -0.15) is 0 Å². The summed E-state index contributed by atoms with van der Waals surface area (Å²) >= 11 is 0. The fraction of sp³-hybridized carbons (Fsp3) is 0.238. The van der Waals surface area contributed by atoms with E-state index in [2.05, 4.69) is 58.5 Å². The van der Waals surface area contributed by atoms with Crippen LogP contribution in [0, 0.1) is 0 Å². The number of likely N-dealkylation sites (tertiary alicyclic amines) is 1. The van der Waals surface area contributed by atoms with Gasteiger partial charge >= 0.3 is 0 Å². The number of aromatic nitrogens is 2. The van der Waals surface area contributed by atoms with Crippen LogP contribution in [0.25, 0.3) is 0 Å². The van der Waals surface area contributed by atoms with Crippen LogP contribution in [0.4, 0.5) is 0 Å². The van der Waals surface area contributed by atoms with Crippen LogP contribution in [0.5, 0.6) is 0 Å². The Morgan fingerprint density at radius 2 is 1.64 bits per heavy atom. The van der Waals surface area contributed by atoms with Crippen LogP contribution >= 0.6 is 0 Å². The normalized spacial score (nSPS) is 16.8. The van der Waals surface area contributed by atoms with Crippen molar-refractivity contribution in [3.63, 3.8) is 0 Å². The minimum Gasteiger partial charge on any atom is -0.347 e. The molecule has 1 fully saturated rings. The number of nitrogens with one attached hydrogen (secondary N) is 1. The molecule has 0 spiro atoms. The highest BCUT2D eigenvalue weighted by Crippen LogP contribution is 2.40. The van der Waals surface area contributed by atoms with Gasteiger partial charge < -0.3 is 9.88 Å². The standard InChI is InChI=1S/C21H21N3O/c25-20-11-12-21(17-7-3-1-4-8-17,18-9-5-2-6-10-18)16-24(20)15-19-22-13-14-23-19/h1-10,13-14H,11-12,15-16H2,(H,22,23). The Hall–Kier alpha value is -2.88. The highest BCUT2D eigenvalue weighted by Gasteiger charge is 2.41. The van der Waals surface area contributed by atoms with Crippen molar-refractivity contribution in [2.75, 3.05) is 6.54 Å². The molecule has 0 atom stereocenters. The SMILES string of the molecule is O=C1CCC(c2ccccc2)(c2ccccc2)CN1Cc1ncc[nH]1. The molecule has 0 saturated carbocycles. The highest BCUT2D eigenvalue weighted by atomic mass is 16.2. The van der Waals surface area contributed by atoms with Crippen LogP contribution in [0.2, 0.25) is 0 Å². The van der Waals surface area contributed by atoms with E-state index in [0.717, 1.165) is 12.2 Å². The minimum atomic E-state index is -0.178. The molecule has 1 saturated heterocycles. The molecule has 0 aliphatic carbocycles. The first-order valence-electron chi connectivity index (χ1n) is 8.65. The summed E-state index contributed by atoms with van der Waals surface area (Å²) in [5.41, 5.74) is 2.35. The maximum atomic E-state index is 12.6. The van der Waals surface area contributed by atoms with E-state index in [0.29, 0.717) is 19.5 Å². The van der Waals surface area contributed by atoms with E-state index >= 15 is 0 Å². The number of imidazole rings is 1. The number of rotatable bonds is 4. The van der Waals surface area contributed by atoms with Gasteiger partial charge in [0.25, 0.3) is 0 Å². The summed E-state index contributed by atoms with van der Waals surface area (Å²) in [5, 5.41) is 0. The zero-order valence-electron chi connectivity index (χ0n) is 14.1. The lowest BCUT2D eigenvalue weighted by Crippen LogP contribution is -2.49. The molecule has 4 rings (SSSR count). The maximum Gasteiger partial charge on any atom is 0.223 e.